The average molecular weight is 312 g/mol. The number of hydrogen-bond acceptors (Lipinski definition) is 3. The first kappa shape index (κ1) is 15.9. The molecule has 0 bridgehead atoms. The van der Waals surface area contributed by atoms with E-state index < -0.39 is 0 Å². The summed E-state index contributed by atoms with van der Waals surface area (Å²) in [6.45, 7) is 9.52. The molecule has 0 amide bonds. The molecule has 122 valence electrons. The second kappa shape index (κ2) is 6.25. The second-order valence-corrected chi connectivity index (χ2v) is 6.58. The summed E-state index contributed by atoms with van der Waals surface area (Å²) in [5.74, 6) is 1.37. The molecule has 1 aliphatic rings. The summed E-state index contributed by atoms with van der Waals surface area (Å²) < 4.78 is 11.1. The lowest BCUT2D eigenvalue weighted by atomic mass is 9.97. The number of benzene rings is 2. The average Bonchev–Trinajstić information content (AvgIpc) is 3.28. The first-order chi connectivity index (χ1) is 10.9. The Morgan fingerprint density at radius 2 is 1.43 bits per heavy atom. The second-order valence-electron chi connectivity index (χ2n) is 6.58. The Morgan fingerprint density at radius 1 is 0.957 bits per heavy atom. The maximum Gasteiger partial charge on any atom is 0.125 e. The van der Waals surface area contributed by atoms with Gasteiger partial charge >= 0.3 is 0 Å². The third-order valence-corrected chi connectivity index (χ3v) is 4.30. The molecule has 1 fully saturated rings. The maximum atomic E-state index is 9.90. The molecule has 2 aromatic rings. The maximum absolute atomic E-state index is 9.90. The van der Waals surface area contributed by atoms with Crippen molar-refractivity contribution in [3.63, 3.8) is 0 Å². The molecule has 0 aliphatic carbocycles. The third-order valence-electron chi connectivity index (χ3n) is 4.30. The first-order valence-electron chi connectivity index (χ1n) is 8.07. The lowest BCUT2D eigenvalue weighted by molar-refractivity contribution is 0.260. The van der Waals surface area contributed by atoms with Gasteiger partial charge < -0.3 is 14.6 Å². The summed E-state index contributed by atoms with van der Waals surface area (Å²) in [7, 11) is 0. The zero-order chi connectivity index (χ0) is 16.6. The van der Waals surface area contributed by atoms with Crippen LogP contribution < -0.4 is 4.74 Å². The highest BCUT2D eigenvalue weighted by atomic mass is 16.6. The molecule has 1 heterocycles. The van der Waals surface area contributed by atoms with Crippen LogP contribution in [0.15, 0.2) is 24.3 Å². The zero-order valence-electron chi connectivity index (χ0n) is 14.3. The van der Waals surface area contributed by atoms with Gasteiger partial charge in [-0.2, -0.15) is 0 Å². The minimum Gasteiger partial charge on any atom is -0.507 e. The van der Waals surface area contributed by atoms with Crippen LogP contribution in [0.2, 0.25) is 0 Å². The highest BCUT2D eigenvalue weighted by Crippen LogP contribution is 2.29. The summed E-state index contributed by atoms with van der Waals surface area (Å²) in [5, 5.41) is 9.90. The molecule has 0 saturated carbocycles. The Hall–Kier alpha value is -2.00. The standard InChI is InChI=1S/C20H24O3/c1-12-5-16(6-13(2)19(12)21)9-17-7-14(3)20(15(4)8-17)23-11-18-10-22-18/h5-8,18,21H,9-11H2,1-4H3. The number of aromatic hydroxyl groups is 1. The zero-order valence-corrected chi connectivity index (χ0v) is 14.3. The van der Waals surface area contributed by atoms with E-state index in [1.165, 1.54) is 11.1 Å². The molecule has 1 atom stereocenters. The monoisotopic (exact) mass is 312 g/mol. The van der Waals surface area contributed by atoms with Crippen molar-refractivity contribution in [1.29, 1.82) is 0 Å². The van der Waals surface area contributed by atoms with E-state index in [0.29, 0.717) is 12.4 Å². The molecule has 3 rings (SSSR count). The molecule has 0 radical (unpaired) electrons. The van der Waals surface area contributed by atoms with Gasteiger partial charge in [-0.3, -0.25) is 0 Å². The van der Waals surface area contributed by atoms with Crippen LogP contribution in [-0.2, 0) is 11.2 Å². The van der Waals surface area contributed by atoms with Crippen LogP contribution in [0.5, 0.6) is 11.5 Å². The number of ether oxygens (including phenoxy) is 2. The molecule has 1 saturated heterocycles. The normalized spacial score (nSPS) is 16.4. The number of aryl methyl sites for hydroxylation is 4. The van der Waals surface area contributed by atoms with Gasteiger partial charge in [0.1, 0.15) is 24.2 Å². The Labute approximate surface area is 137 Å². The predicted molar refractivity (Wildman–Crippen MR) is 91.5 cm³/mol. The van der Waals surface area contributed by atoms with Gasteiger partial charge in [-0.15, -0.1) is 0 Å². The van der Waals surface area contributed by atoms with Crippen LogP contribution in [0.3, 0.4) is 0 Å². The summed E-state index contributed by atoms with van der Waals surface area (Å²) >= 11 is 0. The highest BCUT2D eigenvalue weighted by molar-refractivity contribution is 5.47. The first-order valence-corrected chi connectivity index (χ1v) is 8.07. The molecule has 1 aliphatic heterocycles. The smallest absolute Gasteiger partial charge is 0.125 e. The Bertz CT molecular complexity index is 684. The van der Waals surface area contributed by atoms with Crippen molar-refractivity contribution in [3.8, 4) is 11.5 Å². The van der Waals surface area contributed by atoms with Crippen molar-refractivity contribution in [1.82, 2.24) is 0 Å². The largest absolute Gasteiger partial charge is 0.507 e. The van der Waals surface area contributed by atoms with Crippen LogP contribution in [-0.4, -0.2) is 24.4 Å². The summed E-state index contributed by atoms with van der Waals surface area (Å²) in [4.78, 5) is 0. The Kier molecular flexibility index (Phi) is 4.31. The van der Waals surface area contributed by atoms with Crippen molar-refractivity contribution < 1.29 is 14.6 Å². The SMILES string of the molecule is Cc1cc(Cc2cc(C)c(OCC3CO3)c(C)c2)cc(C)c1O. The van der Waals surface area contributed by atoms with Gasteiger partial charge in [0.2, 0.25) is 0 Å². The van der Waals surface area contributed by atoms with Crippen molar-refractivity contribution in [2.75, 3.05) is 13.2 Å². The van der Waals surface area contributed by atoms with Gasteiger partial charge in [0.05, 0.1) is 6.61 Å². The van der Waals surface area contributed by atoms with E-state index in [1.54, 1.807) is 0 Å². The summed E-state index contributed by atoms with van der Waals surface area (Å²) in [5.41, 5.74) is 6.66. The molecule has 1 N–H and O–H groups in total. The molecule has 1 unspecified atom stereocenters. The van der Waals surface area contributed by atoms with E-state index >= 15 is 0 Å². The van der Waals surface area contributed by atoms with Crippen molar-refractivity contribution in [2.45, 2.75) is 40.2 Å². The number of phenols is 1. The van der Waals surface area contributed by atoms with Gasteiger partial charge in [-0.25, -0.2) is 0 Å². The molecule has 3 nitrogen and oxygen atoms in total. The van der Waals surface area contributed by atoms with E-state index in [0.717, 1.165) is 41.0 Å². The lowest BCUT2D eigenvalue weighted by Crippen LogP contribution is -2.06. The molecule has 0 aromatic heterocycles. The van der Waals surface area contributed by atoms with Crippen LogP contribution in [0, 0.1) is 27.7 Å². The van der Waals surface area contributed by atoms with Crippen molar-refractivity contribution in [2.24, 2.45) is 0 Å². The minimum atomic E-state index is 0.274. The number of rotatable bonds is 5. The molecular weight excluding hydrogens is 288 g/mol. The van der Waals surface area contributed by atoms with Crippen molar-refractivity contribution >= 4 is 0 Å². The molecule has 0 spiro atoms. The van der Waals surface area contributed by atoms with Gasteiger partial charge in [0.15, 0.2) is 0 Å². The van der Waals surface area contributed by atoms with Crippen molar-refractivity contribution in [3.05, 3.63) is 57.6 Å². The van der Waals surface area contributed by atoms with Gasteiger partial charge in [-0.1, -0.05) is 24.3 Å². The minimum absolute atomic E-state index is 0.274. The Balaban J connectivity index is 1.80. The Morgan fingerprint density at radius 3 is 1.91 bits per heavy atom. The number of phenolic OH excluding ortho intramolecular Hbond substituents is 1. The molecule has 2 aromatic carbocycles. The fourth-order valence-corrected chi connectivity index (χ4v) is 3.09. The van der Waals surface area contributed by atoms with Crippen LogP contribution in [0.25, 0.3) is 0 Å². The number of hydrogen-bond donors (Lipinski definition) is 1. The molecular formula is C20H24O3. The van der Waals surface area contributed by atoms with E-state index in [-0.39, 0.29) is 6.10 Å². The van der Waals surface area contributed by atoms with Crippen LogP contribution >= 0.6 is 0 Å². The molecule has 3 heteroatoms. The summed E-state index contributed by atoms with van der Waals surface area (Å²) in [6.07, 6.45) is 1.13. The predicted octanol–water partition coefficient (Wildman–Crippen LogP) is 3.99. The lowest BCUT2D eigenvalue weighted by Gasteiger charge is -2.14. The highest BCUT2D eigenvalue weighted by Gasteiger charge is 2.23. The number of epoxide rings is 1. The van der Waals surface area contributed by atoms with E-state index in [2.05, 4.69) is 38.1 Å². The van der Waals surface area contributed by atoms with E-state index in [4.69, 9.17) is 9.47 Å². The van der Waals surface area contributed by atoms with E-state index in [9.17, 15) is 5.11 Å². The van der Waals surface area contributed by atoms with Gasteiger partial charge in [0, 0.05) is 0 Å². The van der Waals surface area contributed by atoms with Crippen LogP contribution in [0.4, 0.5) is 0 Å². The van der Waals surface area contributed by atoms with E-state index in [1.807, 2.05) is 13.8 Å². The topological polar surface area (TPSA) is 42.0 Å². The fraction of sp³-hybridized carbons (Fsp3) is 0.400. The summed E-state index contributed by atoms with van der Waals surface area (Å²) in [6, 6.07) is 8.49. The van der Waals surface area contributed by atoms with Crippen LogP contribution in [0.1, 0.15) is 33.4 Å². The third kappa shape index (κ3) is 3.67. The van der Waals surface area contributed by atoms with Gasteiger partial charge in [0.25, 0.3) is 0 Å². The quantitative estimate of drug-likeness (QED) is 0.849. The molecule has 23 heavy (non-hydrogen) atoms. The van der Waals surface area contributed by atoms with Gasteiger partial charge in [-0.05, 0) is 67.5 Å². The fourth-order valence-electron chi connectivity index (χ4n) is 3.09.